The van der Waals surface area contributed by atoms with E-state index in [1.807, 2.05) is 66.7 Å². The second kappa shape index (κ2) is 11.7. The minimum absolute atomic E-state index is 0.200. The number of nitrogens with zero attached hydrogens (tertiary/aromatic N) is 1. The van der Waals surface area contributed by atoms with Gasteiger partial charge < -0.3 is 25.4 Å². The Hall–Kier alpha value is -3.84. The molecule has 0 bridgehead atoms. The normalized spacial score (nSPS) is 16.0. The van der Waals surface area contributed by atoms with E-state index in [9.17, 15) is 9.59 Å². The lowest BCUT2D eigenvalue weighted by atomic mass is 9.84. The summed E-state index contributed by atoms with van der Waals surface area (Å²) in [6.07, 6.45) is 1.35. The van der Waals surface area contributed by atoms with Gasteiger partial charge in [-0.1, -0.05) is 60.7 Å². The minimum Gasteiger partial charge on any atom is -0.497 e. The Balaban J connectivity index is 1.50. The first kappa shape index (κ1) is 25.3. The molecule has 1 fully saturated rings. The average molecular weight is 488 g/mol. The Kier molecular flexibility index (Phi) is 8.23. The number of benzene rings is 3. The van der Waals surface area contributed by atoms with Gasteiger partial charge in [0.2, 0.25) is 11.8 Å². The van der Waals surface area contributed by atoms with Crippen LogP contribution in [0.5, 0.6) is 11.5 Å². The van der Waals surface area contributed by atoms with Gasteiger partial charge in [0.25, 0.3) is 0 Å². The average Bonchev–Trinajstić information content (AvgIpc) is 3.42. The maximum absolute atomic E-state index is 13.7. The fraction of sp³-hybridized carbons (Fsp3) is 0.310. The number of likely N-dealkylation sites (tertiary alicyclic amines) is 1. The molecule has 1 saturated heterocycles. The van der Waals surface area contributed by atoms with Crippen molar-refractivity contribution in [3.63, 3.8) is 0 Å². The van der Waals surface area contributed by atoms with Crippen LogP contribution in [0.15, 0.2) is 78.9 Å². The number of carbonyl (C=O) groups is 2. The minimum atomic E-state index is -0.818. The molecule has 0 spiro atoms. The maximum Gasteiger partial charge on any atom is 0.243 e. The van der Waals surface area contributed by atoms with Gasteiger partial charge in [-0.2, -0.15) is 0 Å². The second-order valence-electron chi connectivity index (χ2n) is 8.91. The van der Waals surface area contributed by atoms with Gasteiger partial charge in [-0.3, -0.25) is 9.59 Å². The van der Waals surface area contributed by atoms with Gasteiger partial charge in [0.1, 0.15) is 17.5 Å². The topological polar surface area (TPSA) is 93.9 Å². The van der Waals surface area contributed by atoms with Crippen LogP contribution in [0.4, 0.5) is 0 Å². The van der Waals surface area contributed by atoms with E-state index in [1.165, 1.54) is 0 Å². The Morgan fingerprint density at radius 3 is 2.19 bits per heavy atom. The molecule has 0 unspecified atom stereocenters. The number of nitrogens with two attached hydrogens (primary N) is 1. The fourth-order valence-corrected chi connectivity index (χ4v) is 4.89. The van der Waals surface area contributed by atoms with Crippen molar-refractivity contribution in [2.24, 2.45) is 5.73 Å². The third-order valence-electron chi connectivity index (χ3n) is 6.74. The van der Waals surface area contributed by atoms with Gasteiger partial charge in [0, 0.05) is 24.6 Å². The number of hydrogen-bond acceptors (Lipinski definition) is 5. The third kappa shape index (κ3) is 5.52. The summed E-state index contributed by atoms with van der Waals surface area (Å²) in [4.78, 5) is 28.5. The molecular formula is C29H33N3O4. The molecule has 3 aromatic rings. The van der Waals surface area contributed by atoms with Crippen molar-refractivity contribution in [1.82, 2.24) is 10.2 Å². The number of ether oxygens (including phenoxy) is 2. The monoisotopic (exact) mass is 487 g/mol. The summed E-state index contributed by atoms with van der Waals surface area (Å²) >= 11 is 0. The van der Waals surface area contributed by atoms with Crippen LogP contribution in [-0.2, 0) is 16.1 Å². The van der Waals surface area contributed by atoms with Gasteiger partial charge in [-0.15, -0.1) is 0 Å². The van der Waals surface area contributed by atoms with Crippen LogP contribution in [0.1, 0.15) is 35.4 Å². The van der Waals surface area contributed by atoms with Crippen LogP contribution in [0, 0.1) is 0 Å². The largest absolute Gasteiger partial charge is 0.497 e. The van der Waals surface area contributed by atoms with Crippen LogP contribution < -0.4 is 20.5 Å². The van der Waals surface area contributed by atoms with Crippen LogP contribution in [0.3, 0.4) is 0 Å². The molecule has 0 radical (unpaired) electrons. The standard InChI is InChI=1S/C29H33N3O4/c1-35-23-15-16-25(36-2)22(18-23)19-31-28(33)24-14-9-17-32(24)29(34)27(30)26(20-10-5-3-6-11-20)21-12-7-4-8-13-21/h3-8,10-13,15-16,18,24,26-27H,9,14,17,19,30H2,1-2H3,(H,31,33)/t24-,27+/m0/s1. The smallest absolute Gasteiger partial charge is 0.243 e. The van der Waals surface area contributed by atoms with Gasteiger partial charge in [0.05, 0.1) is 20.3 Å². The van der Waals surface area contributed by atoms with E-state index in [-0.39, 0.29) is 24.3 Å². The van der Waals surface area contributed by atoms with Gasteiger partial charge in [0.15, 0.2) is 0 Å². The number of carbonyl (C=O) groups excluding carboxylic acids is 2. The molecule has 1 heterocycles. The number of amides is 2. The van der Waals surface area contributed by atoms with Crippen LogP contribution >= 0.6 is 0 Å². The third-order valence-corrected chi connectivity index (χ3v) is 6.74. The first-order valence-corrected chi connectivity index (χ1v) is 12.2. The highest BCUT2D eigenvalue weighted by Crippen LogP contribution is 2.30. The molecule has 3 aromatic carbocycles. The highest BCUT2D eigenvalue weighted by Gasteiger charge is 2.39. The van der Waals surface area contributed by atoms with Crippen LogP contribution in [-0.4, -0.2) is 49.6 Å². The van der Waals surface area contributed by atoms with Crippen LogP contribution in [0.25, 0.3) is 0 Å². The van der Waals surface area contributed by atoms with Crippen molar-refractivity contribution in [3.8, 4) is 11.5 Å². The summed E-state index contributed by atoms with van der Waals surface area (Å²) in [7, 11) is 3.18. The van der Waals surface area contributed by atoms with E-state index >= 15 is 0 Å². The van der Waals surface area contributed by atoms with Gasteiger partial charge >= 0.3 is 0 Å². The lowest BCUT2D eigenvalue weighted by molar-refractivity contribution is -0.139. The van der Waals surface area contributed by atoms with E-state index in [1.54, 1.807) is 31.3 Å². The SMILES string of the molecule is COc1ccc(OC)c(CNC(=O)[C@@H]2CCCN2C(=O)[C@H](N)C(c2ccccc2)c2ccccc2)c1. The molecule has 4 rings (SSSR count). The van der Waals surface area contributed by atoms with Crippen molar-refractivity contribution in [2.75, 3.05) is 20.8 Å². The van der Waals surface area contributed by atoms with Crippen molar-refractivity contribution >= 4 is 11.8 Å². The van der Waals surface area contributed by atoms with Crippen molar-refractivity contribution < 1.29 is 19.1 Å². The van der Waals surface area contributed by atoms with E-state index < -0.39 is 12.1 Å². The molecule has 1 aliphatic rings. The molecule has 188 valence electrons. The summed E-state index contributed by atoms with van der Waals surface area (Å²) in [6.45, 7) is 0.768. The zero-order chi connectivity index (χ0) is 25.5. The molecule has 0 aromatic heterocycles. The lowest BCUT2D eigenvalue weighted by Gasteiger charge is -2.31. The summed E-state index contributed by atoms with van der Waals surface area (Å²) in [5, 5.41) is 2.97. The van der Waals surface area contributed by atoms with Crippen LogP contribution in [0.2, 0.25) is 0 Å². The van der Waals surface area contributed by atoms with Crippen molar-refractivity contribution in [3.05, 3.63) is 95.6 Å². The molecule has 2 amide bonds. The molecule has 1 aliphatic heterocycles. The molecular weight excluding hydrogens is 454 g/mol. The van der Waals surface area contributed by atoms with Gasteiger partial charge in [-0.05, 0) is 42.2 Å². The van der Waals surface area contributed by atoms with E-state index in [4.69, 9.17) is 15.2 Å². The summed E-state index contributed by atoms with van der Waals surface area (Å²) in [5.41, 5.74) is 9.38. The highest BCUT2D eigenvalue weighted by molar-refractivity contribution is 5.91. The Labute approximate surface area is 212 Å². The van der Waals surface area contributed by atoms with Gasteiger partial charge in [-0.25, -0.2) is 0 Å². The number of methoxy groups -OCH3 is 2. The predicted octanol–water partition coefficient (Wildman–Crippen LogP) is 3.47. The second-order valence-corrected chi connectivity index (χ2v) is 8.91. The molecule has 36 heavy (non-hydrogen) atoms. The van der Waals surface area contributed by atoms with Crippen molar-refractivity contribution in [1.29, 1.82) is 0 Å². The predicted molar refractivity (Wildman–Crippen MR) is 139 cm³/mol. The van der Waals surface area contributed by atoms with E-state index in [2.05, 4.69) is 5.32 Å². The zero-order valence-electron chi connectivity index (χ0n) is 20.7. The number of nitrogens with one attached hydrogen (secondary N) is 1. The molecule has 2 atom stereocenters. The number of rotatable bonds is 9. The molecule has 7 nitrogen and oxygen atoms in total. The quantitative estimate of drug-likeness (QED) is 0.482. The summed E-state index contributed by atoms with van der Waals surface area (Å²) < 4.78 is 10.7. The van der Waals surface area contributed by atoms with E-state index in [0.717, 1.165) is 23.1 Å². The zero-order valence-corrected chi connectivity index (χ0v) is 20.7. The molecule has 0 saturated carbocycles. The van der Waals surface area contributed by atoms with E-state index in [0.29, 0.717) is 24.5 Å². The summed E-state index contributed by atoms with van der Waals surface area (Å²) in [5.74, 6) is 0.603. The fourth-order valence-electron chi connectivity index (χ4n) is 4.89. The lowest BCUT2D eigenvalue weighted by Crippen LogP contribution is -2.52. The Morgan fingerprint density at radius 1 is 0.972 bits per heavy atom. The first-order chi connectivity index (χ1) is 17.5. The Bertz CT molecular complexity index is 1130. The molecule has 3 N–H and O–H groups in total. The number of hydrogen-bond donors (Lipinski definition) is 2. The highest BCUT2D eigenvalue weighted by atomic mass is 16.5. The summed E-state index contributed by atoms with van der Waals surface area (Å²) in [6, 6.07) is 23.7. The first-order valence-electron chi connectivity index (χ1n) is 12.2. The van der Waals surface area contributed by atoms with Crippen molar-refractivity contribution in [2.45, 2.75) is 37.4 Å². The molecule has 0 aliphatic carbocycles. The maximum atomic E-state index is 13.7. The Morgan fingerprint density at radius 2 is 1.61 bits per heavy atom. The molecule has 7 heteroatoms.